The number of anilines is 1. The maximum absolute atomic E-state index is 13.1. The molecular weight excluding hydrogens is 447 g/mol. The Morgan fingerprint density at radius 2 is 1.94 bits per heavy atom. The number of nitrogens with zero attached hydrogens (tertiary/aromatic N) is 1. The molecular formula is C21H22ClFN2O5S. The summed E-state index contributed by atoms with van der Waals surface area (Å²) < 4.78 is 44.6. The summed E-state index contributed by atoms with van der Waals surface area (Å²) in [5.74, 6) is -2.22. The molecule has 31 heavy (non-hydrogen) atoms. The average Bonchev–Trinajstić information content (AvgIpc) is 2.76. The summed E-state index contributed by atoms with van der Waals surface area (Å²) in [4.78, 5) is 24.5. The third-order valence-electron chi connectivity index (χ3n) is 5.05. The van der Waals surface area contributed by atoms with E-state index < -0.39 is 27.7 Å². The van der Waals surface area contributed by atoms with E-state index in [1.807, 2.05) is 0 Å². The van der Waals surface area contributed by atoms with E-state index in [2.05, 4.69) is 10.1 Å². The van der Waals surface area contributed by atoms with Crippen LogP contribution in [0.1, 0.15) is 28.8 Å². The van der Waals surface area contributed by atoms with Crippen LogP contribution in [0.15, 0.2) is 42.5 Å². The van der Waals surface area contributed by atoms with E-state index in [0.29, 0.717) is 30.6 Å². The van der Waals surface area contributed by atoms with Crippen LogP contribution in [0.25, 0.3) is 0 Å². The smallest absolute Gasteiger partial charge is 0.339 e. The molecule has 0 bridgehead atoms. The molecule has 0 unspecified atom stereocenters. The van der Waals surface area contributed by atoms with Crippen molar-refractivity contribution < 1.29 is 27.1 Å². The van der Waals surface area contributed by atoms with Gasteiger partial charge >= 0.3 is 5.97 Å². The van der Waals surface area contributed by atoms with Gasteiger partial charge in [-0.1, -0.05) is 23.7 Å². The summed E-state index contributed by atoms with van der Waals surface area (Å²) >= 11 is 5.99. The Bertz CT molecular complexity index is 1080. The van der Waals surface area contributed by atoms with Crippen molar-refractivity contribution in [3.63, 3.8) is 0 Å². The van der Waals surface area contributed by atoms with Gasteiger partial charge in [-0.2, -0.15) is 0 Å². The number of halogens is 2. The number of benzene rings is 2. The number of piperidine rings is 1. The van der Waals surface area contributed by atoms with Gasteiger partial charge in [0.2, 0.25) is 15.9 Å². The number of rotatable bonds is 6. The van der Waals surface area contributed by atoms with Crippen LogP contribution in [0, 0.1) is 11.7 Å². The number of ether oxygens (including phenoxy) is 1. The Hall–Kier alpha value is -2.49. The van der Waals surface area contributed by atoms with Crippen molar-refractivity contribution in [2.75, 3.05) is 25.5 Å². The largest absolute Gasteiger partial charge is 0.465 e. The van der Waals surface area contributed by atoms with Crippen LogP contribution < -0.4 is 5.32 Å². The molecule has 0 saturated carbocycles. The highest BCUT2D eigenvalue weighted by Crippen LogP contribution is 2.25. The highest BCUT2D eigenvalue weighted by Gasteiger charge is 2.32. The van der Waals surface area contributed by atoms with Gasteiger partial charge in [-0.3, -0.25) is 4.79 Å². The number of amides is 1. The van der Waals surface area contributed by atoms with Crippen molar-refractivity contribution in [2.24, 2.45) is 5.92 Å². The predicted octanol–water partition coefficient (Wildman–Crippen LogP) is 3.45. The van der Waals surface area contributed by atoms with Crippen LogP contribution in [0.4, 0.5) is 10.1 Å². The van der Waals surface area contributed by atoms with E-state index in [9.17, 15) is 22.4 Å². The lowest BCUT2D eigenvalue weighted by Gasteiger charge is -2.31. The van der Waals surface area contributed by atoms with Gasteiger partial charge < -0.3 is 10.1 Å². The summed E-state index contributed by atoms with van der Waals surface area (Å²) in [5.41, 5.74) is 0.958. The summed E-state index contributed by atoms with van der Waals surface area (Å²) in [6.07, 6.45) is 1.07. The molecule has 1 aliphatic rings. The SMILES string of the molecule is COC(=O)c1cc(NC(=O)[C@@H]2CCCN(S(=O)(=O)Cc3ccc(F)cc3)C2)ccc1Cl. The second-order valence-corrected chi connectivity index (χ2v) is 9.63. The fourth-order valence-electron chi connectivity index (χ4n) is 3.41. The molecule has 2 aromatic carbocycles. The van der Waals surface area contributed by atoms with Crippen LogP contribution in [0.2, 0.25) is 5.02 Å². The number of methoxy groups -OCH3 is 1. The third kappa shape index (κ3) is 5.81. The zero-order valence-corrected chi connectivity index (χ0v) is 18.4. The van der Waals surface area contributed by atoms with Crippen molar-refractivity contribution in [3.05, 3.63) is 64.4 Å². The molecule has 10 heteroatoms. The zero-order chi connectivity index (χ0) is 22.6. The topological polar surface area (TPSA) is 92.8 Å². The molecule has 1 N–H and O–H groups in total. The standard InChI is InChI=1S/C21H22ClFN2O5S/c1-30-21(27)18-11-17(8-9-19(18)22)24-20(26)15-3-2-10-25(12-15)31(28,29)13-14-4-6-16(23)7-5-14/h4-9,11,15H,2-3,10,12-13H2,1H3,(H,24,26)/t15-/m1/s1. The number of sulfonamides is 1. The quantitative estimate of drug-likeness (QED) is 0.655. The molecule has 0 aromatic heterocycles. The van der Waals surface area contributed by atoms with Crippen LogP contribution >= 0.6 is 11.6 Å². The molecule has 1 heterocycles. The van der Waals surface area contributed by atoms with Crippen molar-refractivity contribution in [1.29, 1.82) is 0 Å². The van der Waals surface area contributed by atoms with Crippen LogP contribution in [0.3, 0.4) is 0 Å². The number of hydrogen-bond donors (Lipinski definition) is 1. The van der Waals surface area contributed by atoms with E-state index >= 15 is 0 Å². The third-order valence-corrected chi connectivity index (χ3v) is 7.20. The Labute approximate surface area is 185 Å². The van der Waals surface area contributed by atoms with Gasteiger partial charge in [0.15, 0.2) is 0 Å². The molecule has 1 fully saturated rings. The number of nitrogens with one attached hydrogen (secondary N) is 1. The minimum Gasteiger partial charge on any atom is -0.465 e. The van der Waals surface area contributed by atoms with Gasteiger partial charge in [0.05, 0.1) is 29.4 Å². The van der Waals surface area contributed by atoms with E-state index in [-0.39, 0.29) is 28.8 Å². The van der Waals surface area contributed by atoms with Gasteiger partial charge in [0, 0.05) is 18.8 Å². The second kappa shape index (κ2) is 9.76. The molecule has 3 rings (SSSR count). The first-order valence-electron chi connectivity index (χ1n) is 9.60. The Morgan fingerprint density at radius 1 is 1.23 bits per heavy atom. The highest BCUT2D eigenvalue weighted by molar-refractivity contribution is 7.88. The molecule has 0 spiro atoms. The van der Waals surface area contributed by atoms with Crippen molar-refractivity contribution >= 4 is 39.2 Å². The first-order valence-corrected chi connectivity index (χ1v) is 11.6. The van der Waals surface area contributed by atoms with E-state index in [0.717, 1.165) is 0 Å². The first kappa shape index (κ1) is 23.2. The van der Waals surface area contributed by atoms with Gasteiger partial charge in [0.25, 0.3) is 0 Å². The van der Waals surface area contributed by atoms with E-state index in [1.165, 1.54) is 47.8 Å². The maximum atomic E-state index is 13.1. The number of esters is 1. The molecule has 1 saturated heterocycles. The fourth-order valence-corrected chi connectivity index (χ4v) is 5.21. The predicted molar refractivity (Wildman–Crippen MR) is 115 cm³/mol. The zero-order valence-electron chi connectivity index (χ0n) is 16.8. The van der Waals surface area contributed by atoms with Gasteiger partial charge in [-0.05, 0) is 48.7 Å². The normalized spacial score (nSPS) is 17.2. The molecule has 1 amide bonds. The number of hydrogen-bond acceptors (Lipinski definition) is 5. The van der Waals surface area contributed by atoms with Crippen LogP contribution in [-0.4, -0.2) is 44.8 Å². The summed E-state index contributed by atoms with van der Waals surface area (Å²) in [7, 11) is -2.43. The first-order chi connectivity index (χ1) is 14.7. The Balaban J connectivity index is 1.68. The summed E-state index contributed by atoms with van der Waals surface area (Å²) in [6.45, 7) is 0.369. The lowest BCUT2D eigenvalue weighted by Crippen LogP contribution is -2.44. The lowest BCUT2D eigenvalue weighted by molar-refractivity contribution is -0.120. The molecule has 0 radical (unpaired) electrons. The molecule has 2 aromatic rings. The summed E-state index contributed by atoms with van der Waals surface area (Å²) in [6, 6.07) is 9.74. The van der Waals surface area contributed by atoms with Gasteiger partial charge in [-0.25, -0.2) is 21.9 Å². The van der Waals surface area contributed by atoms with Crippen molar-refractivity contribution in [3.8, 4) is 0 Å². The monoisotopic (exact) mass is 468 g/mol. The minimum absolute atomic E-state index is 0.0484. The Morgan fingerprint density at radius 3 is 2.61 bits per heavy atom. The molecule has 1 atom stereocenters. The van der Waals surface area contributed by atoms with Gasteiger partial charge in [0.1, 0.15) is 5.82 Å². The minimum atomic E-state index is -3.66. The molecule has 0 aliphatic carbocycles. The van der Waals surface area contributed by atoms with Crippen molar-refractivity contribution in [1.82, 2.24) is 4.31 Å². The fraction of sp³-hybridized carbons (Fsp3) is 0.333. The lowest BCUT2D eigenvalue weighted by atomic mass is 9.98. The average molecular weight is 469 g/mol. The van der Waals surface area contributed by atoms with Crippen LogP contribution in [-0.2, 0) is 25.3 Å². The molecule has 7 nitrogen and oxygen atoms in total. The van der Waals surface area contributed by atoms with Gasteiger partial charge in [-0.15, -0.1) is 0 Å². The molecule has 166 valence electrons. The number of carbonyl (C=O) groups is 2. The Kier molecular flexibility index (Phi) is 7.30. The van der Waals surface area contributed by atoms with E-state index in [4.69, 9.17) is 11.6 Å². The van der Waals surface area contributed by atoms with Crippen molar-refractivity contribution in [2.45, 2.75) is 18.6 Å². The number of carbonyl (C=O) groups excluding carboxylic acids is 2. The van der Waals surface area contributed by atoms with Crippen LogP contribution in [0.5, 0.6) is 0 Å². The maximum Gasteiger partial charge on any atom is 0.339 e. The highest BCUT2D eigenvalue weighted by atomic mass is 35.5. The van der Waals surface area contributed by atoms with E-state index in [1.54, 1.807) is 6.07 Å². The summed E-state index contributed by atoms with van der Waals surface area (Å²) in [5, 5.41) is 2.91. The molecule has 1 aliphatic heterocycles. The second-order valence-electron chi connectivity index (χ2n) is 7.26.